The molecule has 0 fully saturated rings. The Balaban J connectivity index is 0.00000364. The van der Waals surface area contributed by atoms with E-state index in [0.717, 1.165) is 11.3 Å². The summed E-state index contributed by atoms with van der Waals surface area (Å²) in [5.74, 6) is 0.366. The Kier molecular flexibility index (Phi) is 9.79. The van der Waals surface area contributed by atoms with Crippen molar-refractivity contribution in [3.8, 4) is 11.5 Å². The smallest absolute Gasteiger partial charge is 0.387 e. The highest BCUT2D eigenvalue weighted by Crippen LogP contribution is 2.29. The fourth-order valence-corrected chi connectivity index (χ4v) is 2.29. The number of nitrogens with zero attached hydrogens (tertiary/aromatic N) is 1. The number of aliphatic imine (C=N–C) groups is 1. The minimum absolute atomic E-state index is 0. The molecular weight excluding hydrogens is 471 g/mol. The van der Waals surface area contributed by atoms with Gasteiger partial charge in [0, 0.05) is 18.4 Å². The van der Waals surface area contributed by atoms with Crippen molar-refractivity contribution in [1.29, 1.82) is 0 Å². The lowest BCUT2D eigenvalue weighted by Gasteiger charge is -2.12. The van der Waals surface area contributed by atoms with Gasteiger partial charge in [-0.2, -0.15) is 8.78 Å². The molecular formula is C18H22F2IN3O3. The van der Waals surface area contributed by atoms with Crippen LogP contribution < -0.4 is 20.5 Å². The SMILES string of the molecule is COCc1ccccc1NC(N)=NCc1ccc(OC)c(OC(F)F)c1.I. The number of halogens is 3. The minimum Gasteiger partial charge on any atom is -0.493 e. The van der Waals surface area contributed by atoms with E-state index in [1.54, 1.807) is 19.2 Å². The molecule has 0 aliphatic carbocycles. The molecule has 27 heavy (non-hydrogen) atoms. The van der Waals surface area contributed by atoms with E-state index in [2.05, 4.69) is 15.0 Å². The number of anilines is 1. The van der Waals surface area contributed by atoms with Gasteiger partial charge in [-0.1, -0.05) is 24.3 Å². The zero-order chi connectivity index (χ0) is 18.9. The molecule has 0 amide bonds. The van der Waals surface area contributed by atoms with Gasteiger partial charge in [-0.15, -0.1) is 24.0 Å². The average molecular weight is 493 g/mol. The van der Waals surface area contributed by atoms with E-state index >= 15 is 0 Å². The summed E-state index contributed by atoms with van der Waals surface area (Å²) >= 11 is 0. The Morgan fingerprint density at radius 3 is 2.56 bits per heavy atom. The Labute approximate surface area is 173 Å². The van der Waals surface area contributed by atoms with E-state index in [4.69, 9.17) is 15.2 Å². The first kappa shape index (κ1) is 22.9. The standard InChI is InChI=1S/C18H21F2N3O3.HI/c1-24-11-13-5-3-4-6-14(13)23-18(21)22-10-12-7-8-15(25-2)16(9-12)26-17(19)20;/h3-9,17H,10-11H2,1-2H3,(H3,21,22,23);1H. The van der Waals surface area contributed by atoms with E-state index in [-0.39, 0.29) is 48.0 Å². The first-order valence-corrected chi connectivity index (χ1v) is 7.79. The van der Waals surface area contributed by atoms with Gasteiger partial charge < -0.3 is 25.3 Å². The van der Waals surface area contributed by atoms with E-state index < -0.39 is 6.61 Å². The molecule has 0 atom stereocenters. The molecule has 148 valence electrons. The number of hydrogen-bond acceptors (Lipinski definition) is 4. The zero-order valence-electron chi connectivity index (χ0n) is 14.9. The van der Waals surface area contributed by atoms with Crippen LogP contribution >= 0.6 is 24.0 Å². The van der Waals surface area contributed by atoms with E-state index in [9.17, 15) is 8.78 Å². The molecule has 0 heterocycles. The van der Waals surface area contributed by atoms with Crippen molar-refractivity contribution in [3.63, 3.8) is 0 Å². The van der Waals surface area contributed by atoms with E-state index in [1.807, 2.05) is 24.3 Å². The topological polar surface area (TPSA) is 78.1 Å². The minimum atomic E-state index is -2.94. The maximum Gasteiger partial charge on any atom is 0.387 e. The number of hydrogen-bond donors (Lipinski definition) is 2. The molecule has 0 bridgehead atoms. The van der Waals surface area contributed by atoms with Crippen molar-refractivity contribution in [3.05, 3.63) is 53.6 Å². The molecule has 2 aromatic rings. The highest BCUT2D eigenvalue weighted by Gasteiger charge is 2.11. The summed E-state index contributed by atoms with van der Waals surface area (Å²) in [6.45, 7) is -2.32. The summed E-state index contributed by atoms with van der Waals surface area (Å²) in [7, 11) is 2.99. The van der Waals surface area contributed by atoms with Crippen LogP contribution in [0.25, 0.3) is 0 Å². The fourth-order valence-electron chi connectivity index (χ4n) is 2.29. The number of rotatable bonds is 8. The van der Waals surface area contributed by atoms with Crippen LogP contribution in [0.4, 0.5) is 14.5 Å². The van der Waals surface area contributed by atoms with Crippen molar-refractivity contribution in [2.75, 3.05) is 19.5 Å². The van der Waals surface area contributed by atoms with Crippen molar-refractivity contribution >= 4 is 35.6 Å². The van der Waals surface area contributed by atoms with Crippen LogP contribution in [0.5, 0.6) is 11.5 Å². The molecule has 6 nitrogen and oxygen atoms in total. The second-order valence-corrected chi connectivity index (χ2v) is 5.28. The molecule has 3 N–H and O–H groups in total. The van der Waals surface area contributed by atoms with E-state index in [0.29, 0.717) is 12.2 Å². The predicted molar refractivity (Wildman–Crippen MR) is 111 cm³/mol. The lowest BCUT2D eigenvalue weighted by atomic mass is 10.2. The lowest BCUT2D eigenvalue weighted by molar-refractivity contribution is -0.0512. The summed E-state index contributed by atoms with van der Waals surface area (Å²) in [6.07, 6.45) is 0. The van der Waals surface area contributed by atoms with Crippen LogP contribution in [0.2, 0.25) is 0 Å². The van der Waals surface area contributed by atoms with Crippen LogP contribution in [0.3, 0.4) is 0 Å². The number of nitrogens with one attached hydrogen (secondary N) is 1. The maximum atomic E-state index is 12.5. The number of benzene rings is 2. The van der Waals surface area contributed by atoms with Crippen LogP contribution in [-0.4, -0.2) is 26.8 Å². The summed E-state index contributed by atoms with van der Waals surface area (Å²) in [5.41, 5.74) is 8.28. The second kappa shape index (κ2) is 11.5. The van der Waals surface area contributed by atoms with E-state index in [1.165, 1.54) is 13.2 Å². The summed E-state index contributed by atoms with van der Waals surface area (Å²) in [5, 5.41) is 3.01. The number of ether oxygens (including phenoxy) is 3. The van der Waals surface area contributed by atoms with Crippen LogP contribution in [0.1, 0.15) is 11.1 Å². The number of nitrogens with two attached hydrogens (primary N) is 1. The Morgan fingerprint density at radius 1 is 1.15 bits per heavy atom. The van der Waals surface area contributed by atoms with Crippen LogP contribution in [0, 0.1) is 0 Å². The van der Waals surface area contributed by atoms with Crippen molar-refractivity contribution in [1.82, 2.24) is 0 Å². The number of methoxy groups -OCH3 is 2. The molecule has 0 saturated carbocycles. The third-order valence-corrected chi connectivity index (χ3v) is 3.46. The summed E-state index contributed by atoms with van der Waals surface area (Å²) < 4.78 is 39.6. The third kappa shape index (κ3) is 7.18. The van der Waals surface area contributed by atoms with Crippen molar-refractivity contribution < 1.29 is 23.0 Å². The zero-order valence-corrected chi connectivity index (χ0v) is 17.3. The van der Waals surface area contributed by atoms with Gasteiger partial charge in [0.15, 0.2) is 17.5 Å². The Morgan fingerprint density at radius 2 is 1.89 bits per heavy atom. The van der Waals surface area contributed by atoms with Gasteiger partial charge in [0.25, 0.3) is 0 Å². The van der Waals surface area contributed by atoms with Gasteiger partial charge >= 0.3 is 6.61 Å². The molecule has 0 spiro atoms. The molecule has 0 aliphatic rings. The third-order valence-electron chi connectivity index (χ3n) is 3.46. The van der Waals surface area contributed by atoms with Gasteiger partial charge in [-0.3, -0.25) is 0 Å². The monoisotopic (exact) mass is 493 g/mol. The number of para-hydroxylation sites is 1. The maximum absolute atomic E-state index is 12.5. The average Bonchev–Trinajstić information content (AvgIpc) is 2.61. The fraction of sp³-hybridized carbons (Fsp3) is 0.278. The molecule has 0 saturated heterocycles. The largest absolute Gasteiger partial charge is 0.493 e. The lowest BCUT2D eigenvalue weighted by Crippen LogP contribution is -2.23. The van der Waals surface area contributed by atoms with Crippen molar-refractivity contribution in [2.45, 2.75) is 19.8 Å². The van der Waals surface area contributed by atoms with Gasteiger partial charge in [-0.05, 0) is 23.8 Å². The molecule has 9 heteroatoms. The second-order valence-electron chi connectivity index (χ2n) is 5.28. The predicted octanol–water partition coefficient (Wildman–Crippen LogP) is 3.99. The van der Waals surface area contributed by atoms with Gasteiger partial charge in [0.05, 0.1) is 20.3 Å². The Bertz CT molecular complexity index is 760. The van der Waals surface area contributed by atoms with Gasteiger partial charge in [-0.25, -0.2) is 4.99 Å². The van der Waals surface area contributed by atoms with Gasteiger partial charge in [0.2, 0.25) is 0 Å². The molecule has 0 aliphatic heterocycles. The molecule has 2 aromatic carbocycles. The summed E-state index contributed by atoms with van der Waals surface area (Å²) in [4.78, 5) is 4.23. The first-order chi connectivity index (χ1) is 12.5. The van der Waals surface area contributed by atoms with Crippen LogP contribution in [0.15, 0.2) is 47.5 Å². The summed E-state index contributed by atoms with van der Waals surface area (Å²) in [6, 6.07) is 12.2. The van der Waals surface area contributed by atoms with Crippen LogP contribution in [-0.2, 0) is 17.9 Å². The molecule has 0 radical (unpaired) electrons. The normalized spacial score (nSPS) is 11.1. The highest BCUT2D eigenvalue weighted by atomic mass is 127. The van der Waals surface area contributed by atoms with Gasteiger partial charge in [0.1, 0.15) is 0 Å². The van der Waals surface area contributed by atoms with Crippen molar-refractivity contribution in [2.24, 2.45) is 10.7 Å². The first-order valence-electron chi connectivity index (χ1n) is 7.79. The quantitative estimate of drug-likeness (QED) is 0.331. The molecule has 0 aromatic heterocycles. The molecule has 0 unspecified atom stereocenters. The molecule has 2 rings (SSSR count). The Hall–Kier alpha value is -2.14. The number of guanidine groups is 1. The highest BCUT2D eigenvalue weighted by molar-refractivity contribution is 14.0. The number of alkyl halides is 2.